The van der Waals surface area contributed by atoms with Gasteiger partial charge in [-0.15, -0.1) is 0 Å². The number of carbonyl (C=O) groups excluding carboxylic acids is 1. The first-order chi connectivity index (χ1) is 12.1. The second kappa shape index (κ2) is 7.71. The molecule has 2 N–H and O–H groups in total. The molecule has 1 amide bonds. The number of rotatable bonds is 6. The maximum Gasteiger partial charge on any atom is 0.234 e. The van der Waals surface area contributed by atoms with E-state index in [9.17, 15) is 9.90 Å². The molecule has 2 aromatic rings. The molecular formula is C17H24N4O4. The van der Waals surface area contributed by atoms with Crippen LogP contribution in [0.2, 0.25) is 0 Å². The maximum atomic E-state index is 12.2. The minimum absolute atomic E-state index is 0.0561. The third kappa shape index (κ3) is 3.85. The van der Waals surface area contributed by atoms with E-state index in [0.717, 1.165) is 18.7 Å². The van der Waals surface area contributed by atoms with Crippen molar-refractivity contribution in [3.63, 3.8) is 0 Å². The zero-order valence-corrected chi connectivity index (χ0v) is 14.6. The smallest absolute Gasteiger partial charge is 0.234 e. The van der Waals surface area contributed by atoms with Gasteiger partial charge in [0.25, 0.3) is 0 Å². The number of carbonyl (C=O) groups is 1. The first-order valence-electron chi connectivity index (χ1n) is 8.45. The van der Waals surface area contributed by atoms with E-state index < -0.39 is 0 Å². The highest BCUT2D eigenvalue weighted by atomic mass is 16.5. The monoisotopic (exact) mass is 348 g/mol. The topological polar surface area (TPSA) is 88.9 Å². The SMILES string of the molecule is CCn1cc2nc(OC)c(CNC(=O)CN3CCOCC3)cc2c1O. The molecule has 0 saturated carbocycles. The molecule has 2 aromatic heterocycles. The Bertz CT molecular complexity index is 753. The fraction of sp³-hybridized carbons (Fsp3) is 0.529. The van der Waals surface area contributed by atoms with Crippen molar-refractivity contribution in [2.24, 2.45) is 0 Å². The summed E-state index contributed by atoms with van der Waals surface area (Å²) in [7, 11) is 1.55. The highest BCUT2D eigenvalue weighted by Gasteiger charge is 2.16. The molecule has 1 saturated heterocycles. The second-order valence-corrected chi connectivity index (χ2v) is 5.99. The van der Waals surface area contributed by atoms with Crippen LogP contribution >= 0.6 is 0 Å². The van der Waals surface area contributed by atoms with Crippen molar-refractivity contribution in [3.8, 4) is 11.8 Å². The van der Waals surface area contributed by atoms with Crippen molar-refractivity contribution in [2.75, 3.05) is 40.0 Å². The van der Waals surface area contributed by atoms with Gasteiger partial charge in [-0.1, -0.05) is 0 Å². The number of fused-ring (bicyclic) bond motifs is 1. The largest absolute Gasteiger partial charge is 0.494 e. The predicted octanol–water partition coefficient (Wildman–Crippen LogP) is 0.719. The van der Waals surface area contributed by atoms with Gasteiger partial charge in [0.15, 0.2) is 0 Å². The molecule has 0 aliphatic carbocycles. The Morgan fingerprint density at radius 3 is 2.88 bits per heavy atom. The minimum atomic E-state index is -0.0561. The van der Waals surface area contributed by atoms with Gasteiger partial charge < -0.3 is 24.5 Å². The Balaban J connectivity index is 1.71. The summed E-state index contributed by atoms with van der Waals surface area (Å²) in [5.74, 6) is 0.570. The Labute approximate surface area is 146 Å². The van der Waals surface area contributed by atoms with Gasteiger partial charge in [0.2, 0.25) is 17.7 Å². The van der Waals surface area contributed by atoms with Crippen molar-refractivity contribution in [3.05, 3.63) is 17.8 Å². The summed E-state index contributed by atoms with van der Waals surface area (Å²) >= 11 is 0. The zero-order valence-electron chi connectivity index (χ0n) is 14.6. The van der Waals surface area contributed by atoms with Gasteiger partial charge >= 0.3 is 0 Å². The first-order valence-corrected chi connectivity index (χ1v) is 8.45. The van der Waals surface area contributed by atoms with Crippen LogP contribution in [0.5, 0.6) is 11.8 Å². The Morgan fingerprint density at radius 1 is 1.44 bits per heavy atom. The van der Waals surface area contributed by atoms with Crippen LogP contribution in [0.25, 0.3) is 10.9 Å². The van der Waals surface area contributed by atoms with Gasteiger partial charge in [-0.2, -0.15) is 0 Å². The molecule has 0 atom stereocenters. The number of nitrogens with one attached hydrogen (secondary N) is 1. The number of aromatic nitrogens is 2. The molecule has 8 nitrogen and oxygen atoms in total. The van der Waals surface area contributed by atoms with E-state index in [1.807, 2.05) is 13.0 Å². The number of methoxy groups -OCH3 is 1. The fourth-order valence-corrected chi connectivity index (χ4v) is 2.95. The molecule has 0 unspecified atom stereocenters. The molecule has 3 rings (SSSR count). The summed E-state index contributed by atoms with van der Waals surface area (Å²) < 4.78 is 12.3. The van der Waals surface area contributed by atoms with Crippen LogP contribution < -0.4 is 10.1 Å². The summed E-state index contributed by atoms with van der Waals surface area (Å²) in [4.78, 5) is 18.7. The molecule has 0 bridgehead atoms. The van der Waals surface area contributed by atoms with E-state index in [2.05, 4.69) is 15.2 Å². The summed E-state index contributed by atoms with van der Waals surface area (Å²) in [6, 6.07) is 1.82. The zero-order chi connectivity index (χ0) is 17.8. The Morgan fingerprint density at radius 2 is 2.20 bits per heavy atom. The van der Waals surface area contributed by atoms with Gasteiger partial charge in [-0.25, -0.2) is 4.98 Å². The Hall–Kier alpha value is -2.32. The van der Waals surface area contributed by atoms with Gasteiger partial charge in [-0.3, -0.25) is 9.69 Å². The van der Waals surface area contributed by atoms with Crippen molar-refractivity contribution >= 4 is 16.8 Å². The van der Waals surface area contributed by atoms with E-state index in [4.69, 9.17) is 9.47 Å². The summed E-state index contributed by atoms with van der Waals surface area (Å²) in [6.07, 6.45) is 1.79. The van der Waals surface area contributed by atoms with E-state index in [-0.39, 0.29) is 11.8 Å². The van der Waals surface area contributed by atoms with Crippen molar-refractivity contribution in [1.29, 1.82) is 0 Å². The number of morpholine rings is 1. The predicted molar refractivity (Wildman–Crippen MR) is 92.7 cm³/mol. The van der Waals surface area contributed by atoms with Crippen molar-refractivity contribution in [2.45, 2.75) is 20.0 Å². The lowest BCUT2D eigenvalue weighted by Gasteiger charge is -2.25. The summed E-state index contributed by atoms with van der Waals surface area (Å²) in [5, 5.41) is 13.8. The first kappa shape index (κ1) is 17.5. The van der Waals surface area contributed by atoms with Gasteiger partial charge in [0.05, 0.1) is 37.8 Å². The summed E-state index contributed by atoms with van der Waals surface area (Å²) in [6.45, 7) is 6.10. The molecule has 25 heavy (non-hydrogen) atoms. The van der Waals surface area contributed by atoms with Gasteiger partial charge in [-0.05, 0) is 13.0 Å². The minimum Gasteiger partial charge on any atom is -0.494 e. The van der Waals surface area contributed by atoms with Crippen molar-refractivity contribution in [1.82, 2.24) is 19.8 Å². The van der Waals surface area contributed by atoms with Crippen molar-refractivity contribution < 1.29 is 19.4 Å². The molecule has 3 heterocycles. The number of ether oxygens (including phenoxy) is 2. The van der Waals surface area contributed by atoms with Crippen LogP contribution in [-0.2, 0) is 22.6 Å². The number of hydrogen-bond acceptors (Lipinski definition) is 6. The molecule has 0 aromatic carbocycles. The molecule has 8 heteroatoms. The number of aromatic hydroxyl groups is 1. The van der Waals surface area contributed by atoms with E-state index in [1.165, 1.54) is 0 Å². The molecule has 0 spiro atoms. The molecule has 1 fully saturated rings. The molecule has 1 aliphatic heterocycles. The molecule has 0 radical (unpaired) electrons. The standard InChI is InChI=1S/C17H24N4O4/c1-3-21-10-14-13(17(21)23)8-12(16(19-14)24-2)9-18-15(22)11-20-4-6-25-7-5-20/h8,10,23H,3-7,9,11H2,1-2H3,(H,18,22). The number of hydrogen-bond donors (Lipinski definition) is 2. The normalized spacial score (nSPS) is 15.4. The number of pyridine rings is 1. The van der Waals surface area contributed by atoms with Crippen LogP contribution in [-0.4, -0.2) is 65.4 Å². The lowest BCUT2D eigenvalue weighted by Crippen LogP contribution is -2.43. The highest BCUT2D eigenvalue weighted by molar-refractivity contribution is 5.86. The van der Waals surface area contributed by atoms with Gasteiger partial charge in [0.1, 0.15) is 0 Å². The number of nitrogens with zero attached hydrogens (tertiary/aromatic N) is 3. The maximum absolute atomic E-state index is 12.2. The quantitative estimate of drug-likeness (QED) is 0.800. The average molecular weight is 348 g/mol. The van der Waals surface area contributed by atoms with Crippen LogP contribution in [0.15, 0.2) is 12.3 Å². The van der Waals surface area contributed by atoms with Crippen LogP contribution in [0, 0.1) is 0 Å². The van der Waals surface area contributed by atoms with Crippen LogP contribution in [0.1, 0.15) is 12.5 Å². The van der Waals surface area contributed by atoms with E-state index in [1.54, 1.807) is 17.9 Å². The van der Waals surface area contributed by atoms with Crippen LogP contribution in [0.4, 0.5) is 0 Å². The molecular weight excluding hydrogens is 324 g/mol. The number of amides is 1. The lowest BCUT2D eigenvalue weighted by molar-refractivity contribution is -0.123. The molecule has 1 aliphatic rings. The van der Waals surface area contributed by atoms with Crippen LogP contribution in [0.3, 0.4) is 0 Å². The van der Waals surface area contributed by atoms with E-state index in [0.29, 0.717) is 49.6 Å². The summed E-state index contributed by atoms with van der Waals surface area (Å²) in [5.41, 5.74) is 1.40. The lowest BCUT2D eigenvalue weighted by atomic mass is 10.2. The van der Waals surface area contributed by atoms with E-state index >= 15 is 0 Å². The van der Waals surface area contributed by atoms with Gasteiger partial charge in [0, 0.05) is 37.9 Å². The third-order valence-corrected chi connectivity index (χ3v) is 4.36. The fourth-order valence-electron chi connectivity index (χ4n) is 2.95. The highest BCUT2D eigenvalue weighted by Crippen LogP contribution is 2.30. The average Bonchev–Trinajstić information content (AvgIpc) is 2.95. The Kier molecular flexibility index (Phi) is 5.40. The second-order valence-electron chi connectivity index (χ2n) is 5.99. The third-order valence-electron chi connectivity index (χ3n) is 4.36. The number of aryl methyl sites for hydroxylation is 1. The molecule has 136 valence electrons.